The predicted octanol–water partition coefficient (Wildman–Crippen LogP) is 5.39. The fourth-order valence-electron chi connectivity index (χ4n) is 2.42. The van der Waals surface area contributed by atoms with Gasteiger partial charge in [-0.05, 0) is 18.2 Å². The van der Waals surface area contributed by atoms with Crippen LogP contribution in [0.2, 0.25) is 5.02 Å². The van der Waals surface area contributed by atoms with Crippen molar-refractivity contribution in [2.45, 2.75) is 6.18 Å². The van der Waals surface area contributed by atoms with Crippen LogP contribution in [0.15, 0.2) is 48.5 Å². The highest BCUT2D eigenvalue weighted by molar-refractivity contribution is 6.35. The van der Waals surface area contributed by atoms with E-state index in [2.05, 4.69) is 4.98 Å². The van der Waals surface area contributed by atoms with E-state index in [1.165, 1.54) is 24.3 Å². The summed E-state index contributed by atoms with van der Waals surface area (Å²) in [6.45, 7) is 0. The average Bonchev–Trinajstić information content (AvgIpc) is 2.53. The monoisotopic (exact) mass is 335 g/mol. The summed E-state index contributed by atoms with van der Waals surface area (Å²) in [5.41, 5.74) is -0.595. The number of aldehydes is 1. The highest BCUT2D eigenvalue weighted by Gasteiger charge is 2.34. The molecule has 3 rings (SSSR count). The zero-order chi connectivity index (χ0) is 16.6. The zero-order valence-electron chi connectivity index (χ0n) is 11.6. The first-order valence-electron chi connectivity index (χ1n) is 6.63. The summed E-state index contributed by atoms with van der Waals surface area (Å²) in [6, 6.07) is 11.5. The van der Waals surface area contributed by atoms with Gasteiger partial charge in [-0.1, -0.05) is 41.9 Å². The number of para-hydroxylation sites is 1. The highest BCUT2D eigenvalue weighted by atomic mass is 35.5. The number of rotatable bonds is 2. The largest absolute Gasteiger partial charge is 0.417 e. The number of carbonyl (C=O) groups excluding carboxylic acids is 1. The van der Waals surface area contributed by atoms with Crippen molar-refractivity contribution in [2.24, 2.45) is 0 Å². The maximum Gasteiger partial charge on any atom is 0.417 e. The number of fused-ring (bicyclic) bond motifs is 1. The lowest BCUT2D eigenvalue weighted by Gasteiger charge is -2.14. The van der Waals surface area contributed by atoms with Crippen LogP contribution in [0.4, 0.5) is 13.2 Å². The smallest absolute Gasteiger partial charge is 0.298 e. The number of pyridine rings is 1. The van der Waals surface area contributed by atoms with Crippen LogP contribution in [0, 0.1) is 0 Å². The van der Waals surface area contributed by atoms with E-state index in [1.807, 2.05) is 0 Å². The third-order valence-electron chi connectivity index (χ3n) is 3.44. The van der Waals surface area contributed by atoms with Crippen molar-refractivity contribution in [3.63, 3.8) is 0 Å². The summed E-state index contributed by atoms with van der Waals surface area (Å²) in [5, 5.41) is 0.901. The summed E-state index contributed by atoms with van der Waals surface area (Å²) in [7, 11) is 0. The Labute approximate surface area is 134 Å². The maximum absolute atomic E-state index is 13.2. The number of carbonyl (C=O) groups is 1. The molecule has 0 N–H and O–H groups in total. The zero-order valence-corrected chi connectivity index (χ0v) is 12.3. The lowest BCUT2D eigenvalue weighted by Crippen LogP contribution is -2.08. The van der Waals surface area contributed by atoms with Crippen LogP contribution in [-0.4, -0.2) is 11.3 Å². The van der Waals surface area contributed by atoms with E-state index >= 15 is 0 Å². The Kier molecular flexibility index (Phi) is 3.82. The van der Waals surface area contributed by atoms with E-state index in [0.717, 1.165) is 6.07 Å². The van der Waals surface area contributed by atoms with Gasteiger partial charge < -0.3 is 0 Å². The van der Waals surface area contributed by atoms with Crippen molar-refractivity contribution in [1.29, 1.82) is 0 Å². The van der Waals surface area contributed by atoms with Crippen molar-refractivity contribution in [3.8, 4) is 11.3 Å². The second-order valence-corrected chi connectivity index (χ2v) is 5.31. The Hall–Kier alpha value is -2.40. The van der Waals surface area contributed by atoms with E-state index in [9.17, 15) is 18.0 Å². The van der Waals surface area contributed by atoms with Gasteiger partial charge in [0.25, 0.3) is 0 Å². The molecule has 3 aromatic rings. The standard InChI is InChI=1S/C17H9ClF3NO/c18-14-7-3-4-10-8-11(9-23)15(22-16(10)14)12-5-1-2-6-13(12)17(19,20)21/h1-9H. The molecule has 0 fully saturated rings. The molecule has 0 amide bonds. The molecule has 0 aliphatic carbocycles. The molecule has 0 atom stereocenters. The molecule has 0 aliphatic heterocycles. The van der Waals surface area contributed by atoms with Crippen LogP contribution < -0.4 is 0 Å². The maximum atomic E-state index is 13.2. The Morgan fingerprint density at radius 2 is 1.78 bits per heavy atom. The molecule has 116 valence electrons. The summed E-state index contributed by atoms with van der Waals surface area (Å²) in [4.78, 5) is 15.6. The number of hydrogen-bond acceptors (Lipinski definition) is 2. The van der Waals surface area contributed by atoms with E-state index in [0.29, 0.717) is 22.2 Å². The van der Waals surface area contributed by atoms with Crippen LogP contribution in [0.25, 0.3) is 22.2 Å². The fraction of sp³-hybridized carbons (Fsp3) is 0.0588. The molecule has 0 saturated heterocycles. The van der Waals surface area contributed by atoms with Crippen molar-refractivity contribution in [3.05, 3.63) is 64.7 Å². The van der Waals surface area contributed by atoms with E-state index in [1.54, 1.807) is 18.2 Å². The first-order chi connectivity index (χ1) is 10.9. The van der Waals surface area contributed by atoms with E-state index < -0.39 is 11.7 Å². The van der Waals surface area contributed by atoms with Crippen LogP contribution in [0.1, 0.15) is 15.9 Å². The lowest BCUT2D eigenvalue weighted by molar-refractivity contribution is -0.137. The Morgan fingerprint density at radius 3 is 2.48 bits per heavy atom. The van der Waals surface area contributed by atoms with Crippen LogP contribution in [0.3, 0.4) is 0 Å². The third-order valence-corrected chi connectivity index (χ3v) is 3.75. The van der Waals surface area contributed by atoms with Crippen molar-refractivity contribution >= 4 is 28.8 Å². The average molecular weight is 336 g/mol. The molecule has 0 spiro atoms. The summed E-state index contributed by atoms with van der Waals surface area (Å²) >= 11 is 6.07. The predicted molar refractivity (Wildman–Crippen MR) is 82.6 cm³/mol. The molecule has 0 bridgehead atoms. The number of benzene rings is 2. The Balaban J connectivity index is 2.37. The molecule has 0 radical (unpaired) electrons. The van der Waals surface area contributed by atoms with Gasteiger partial charge >= 0.3 is 6.18 Å². The van der Waals surface area contributed by atoms with Gasteiger partial charge in [-0.15, -0.1) is 0 Å². The van der Waals surface area contributed by atoms with Crippen molar-refractivity contribution in [1.82, 2.24) is 4.98 Å². The lowest BCUT2D eigenvalue weighted by atomic mass is 9.99. The second kappa shape index (κ2) is 5.66. The molecular formula is C17H9ClF3NO. The van der Waals surface area contributed by atoms with Gasteiger partial charge in [0.05, 0.1) is 21.8 Å². The van der Waals surface area contributed by atoms with E-state index in [-0.39, 0.29) is 16.8 Å². The quantitative estimate of drug-likeness (QED) is 0.588. The van der Waals surface area contributed by atoms with Gasteiger partial charge in [0.1, 0.15) is 0 Å². The molecule has 0 aliphatic rings. The Morgan fingerprint density at radius 1 is 1.04 bits per heavy atom. The number of hydrogen-bond donors (Lipinski definition) is 0. The molecule has 1 heterocycles. The van der Waals surface area contributed by atoms with E-state index in [4.69, 9.17) is 11.6 Å². The molecular weight excluding hydrogens is 327 g/mol. The van der Waals surface area contributed by atoms with Gasteiger partial charge in [0, 0.05) is 16.5 Å². The van der Waals surface area contributed by atoms with Gasteiger partial charge in [-0.2, -0.15) is 13.2 Å². The minimum atomic E-state index is -4.55. The highest BCUT2D eigenvalue weighted by Crippen LogP contribution is 2.38. The van der Waals surface area contributed by atoms with Crippen LogP contribution in [-0.2, 0) is 6.18 Å². The van der Waals surface area contributed by atoms with Gasteiger partial charge in [-0.25, -0.2) is 4.98 Å². The minimum Gasteiger partial charge on any atom is -0.298 e. The second-order valence-electron chi connectivity index (χ2n) is 4.90. The first kappa shape index (κ1) is 15.5. The Bertz CT molecular complexity index is 906. The molecule has 0 saturated carbocycles. The summed E-state index contributed by atoms with van der Waals surface area (Å²) in [6.07, 6.45) is -4.05. The SMILES string of the molecule is O=Cc1cc2cccc(Cl)c2nc1-c1ccccc1C(F)(F)F. The molecule has 6 heteroatoms. The topological polar surface area (TPSA) is 30.0 Å². The minimum absolute atomic E-state index is 0.0338. The van der Waals surface area contributed by atoms with Gasteiger partial charge in [-0.3, -0.25) is 4.79 Å². The van der Waals surface area contributed by atoms with Crippen molar-refractivity contribution in [2.75, 3.05) is 0 Å². The van der Waals surface area contributed by atoms with Gasteiger partial charge in [0.2, 0.25) is 0 Å². The van der Waals surface area contributed by atoms with Gasteiger partial charge in [0.15, 0.2) is 6.29 Å². The molecule has 1 aromatic heterocycles. The number of alkyl halides is 3. The summed E-state index contributed by atoms with van der Waals surface area (Å²) < 4.78 is 39.7. The number of aromatic nitrogens is 1. The van der Waals surface area contributed by atoms with Crippen LogP contribution in [0.5, 0.6) is 0 Å². The number of nitrogens with zero attached hydrogens (tertiary/aromatic N) is 1. The third kappa shape index (κ3) is 2.80. The normalized spacial score (nSPS) is 11.7. The van der Waals surface area contributed by atoms with Crippen LogP contribution >= 0.6 is 11.6 Å². The molecule has 0 unspecified atom stereocenters. The fourth-order valence-corrected chi connectivity index (χ4v) is 2.65. The molecule has 2 aromatic carbocycles. The number of halogens is 4. The molecule has 2 nitrogen and oxygen atoms in total. The first-order valence-corrected chi connectivity index (χ1v) is 7.00. The van der Waals surface area contributed by atoms with Crippen molar-refractivity contribution < 1.29 is 18.0 Å². The summed E-state index contributed by atoms with van der Waals surface area (Å²) in [5.74, 6) is 0. The molecule has 23 heavy (non-hydrogen) atoms.